The molecule has 174 valence electrons. The highest BCUT2D eigenvalue weighted by Gasteiger charge is 2.36. The number of unbranched alkanes of at least 4 members (excludes halogenated alkanes) is 1. The van der Waals surface area contributed by atoms with Crippen LogP contribution in [0.25, 0.3) is 0 Å². The van der Waals surface area contributed by atoms with E-state index in [1.807, 2.05) is 6.92 Å². The van der Waals surface area contributed by atoms with Gasteiger partial charge in [0.1, 0.15) is 0 Å². The van der Waals surface area contributed by atoms with Crippen molar-refractivity contribution in [2.24, 2.45) is 0 Å². The molecule has 1 heterocycles. The minimum Gasteiger partial charge on any atom is -0.466 e. The topological polar surface area (TPSA) is 87.7 Å². The molecule has 3 amide bonds. The molecule has 2 aromatic carbocycles. The van der Waals surface area contributed by atoms with Crippen LogP contribution in [0.4, 0.5) is 10.5 Å². The molecular weight excluding hydrogens is 465 g/mol. The summed E-state index contributed by atoms with van der Waals surface area (Å²) in [5.74, 6) is -0.937. The van der Waals surface area contributed by atoms with E-state index in [0.29, 0.717) is 34.1 Å². The molecule has 3 rings (SSSR count). The quantitative estimate of drug-likeness (QED) is 0.498. The van der Waals surface area contributed by atoms with Gasteiger partial charge in [0.15, 0.2) is 0 Å². The van der Waals surface area contributed by atoms with Crippen LogP contribution in [0.15, 0.2) is 53.7 Å². The number of urea groups is 1. The van der Waals surface area contributed by atoms with E-state index in [2.05, 4.69) is 10.6 Å². The molecule has 0 bridgehead atoms. The van der Waals surface area contributed by atoms with Crippen LogP contribution in [0.5, 0.6) is 0 Å². The molecule has 1 aliphatic rings. The Hall–Kier alpha value is -3.03. The molecule has 0 spiro atoms. The number of hydrogen-bond donors (Lipinski definition) is 2. The third-order valence-corrected chi connectivity index (χ3v) is 5.94. The number of ether oxygens (including phenoxy) is 1. The third kappa shape index (κ3) is 5.49. The van der Waals surface area contributed by atoms with E-state index >= 15 is 0 Å². The zero-order valence-corrected chi connectivity index (χ0v) is 20.1. The number of nitrogens with one attached hydrogen (secondary N) is 2. The maximum atomic E-state index is 12.8. The first-order valence-electron chi connectivity index (χ1n) is 10.5. The van der Waals surface area contributed by atoms with Crippen molar-refractivity contribution in [1.29, 1.82) is 0 Å². The van der Waals surface area contributed by atoms with Crippen molar-refractivity contribution in [1.82, 2.24) is 10.2 Å². The first kappa shape index (κ1) is 24.6. The van der Waals surface area contributed by atoms with Crippen molar-refractivity contribution in [3.63, 3.8) is 0 Å². The van der Waals surface area contributed by atoms with Gasteiger partial charge >= 0.3 is 12.0 Å². The maximum absolute atomic E-state index is 12.8. The summed E-state index contributed by atoms with van der Waals surface area (Å²) >= 11 is 12.0. The SMILES string of the molecule is CCCCN1C(=O)N[C@H](c2cccc(NC(=O)c3ccc(Cl)cc3Cl)c2)C(C(=O)OC)=C1C. The van der Waals surface area contributed by atoms with Crippen LogP contribution in [-0.4, -0.2) is 36.5 Å². The monoisotopic (exact) mass is 489 g/mol. The molecular formula is C24H25Cl2N3O4. The van der Waals surface area contributed by atoms with Gasteiger partial charge in [0.05, 0.1) is 29.3 Å². The minimum absolute atomic E-state index is 0.231. The molecule has 1 aliphatic heterocycles. The summed E-state index contributed by atoms with van der Waals surface area (Å²) in [5.41, 5.74) is 2.27. The van der Waals surface area contributed by atoms with E-state index in [4.69, 9.17) is 27.9 Å². The van der Waals surface area contributed by atoms with Gasteiger partial charge in [-0.25, -0.2) is 9.59 Å². The standard InChI is InChI=1S/C24H25Cl2N3O4/c1-4-5-11-29-14(2)20(23(31)33-3)21(28-24(29)32)15-7-6-8-17(12-15)27-22(30)18-10-9-16(25)13-19(18)26/h6-10,12-13,21H,4-5,11H2,1-3H3,(H,27,30)(H,28,32)/t21-/m1/s1. The molecule has 1 atom stereocenters. The van der Waals surface area contributed by atoms with Crippen molar-refractivity contribution in [2.45, 2.75) is 32.7 Å². The van der Waals surface area contributed by atoms with Crippen molar-refractivity contribution in [3.8, 4) is 0 Å². The van der Waals surface area contributed by atoms with Gasteiger partial charge in [0.25, 0.3) is 5.91 Å². The van der Waals surface area contributed by atoms with Gasteiger partial charge in [-0.3, -0.25) is 9.69 Å². The summed E-state index contributed by atoms with van der Waals surface area (Å²) in [6, 6.07) is 10.5. The number of esters is 1. The summed E-state index contributed by atoms with van der Waals surface area (Å²) in [6.45, 7) is 4.27. The van der Waals surface area contributed by atoms with Crippen molar-refractivity contribution >= 4 is 46.8 Å². The number of anilines is 1. The Balaban J connectivity index is 1.93. The van der Waals surface area contributed by atoms with Gasteiger partial charge in [-0.1, -0.05) is 48.7 Å². The average molecular weight is 490 g/mol. The fraction of sp³-hybridized carbons (Fsp3) is 0.292. The molecule has 0 fully saturated rings. The second kappa shape index (κ2) is 10.7. The summed E-state index contributed by atoms with van der Waals surface area (Å²) < 4.78 is 5.01. The van der Waals surface area contributed by atoms with Crippen molar-refractivity contribution in [3.05, 3.63) is 74.9 Å². The Bertz CT molecular complexity index is 1120. The highest BCUT2D eigenvalue weighted by atomic mass is 35.5. The molecule has 0 saturated carbocycles. The Kier molecular flexibility index (Phi) is 8.00. The number of carbonyl (C=O) groups excluding carboxylic acids is 3. The molecule has 7 nitrogen and oxygen atoms in total. The predicted octanol–water partition coefficient (Wildman–Crippen LogP) is 5.56. The van der Waals surface area contributed by atoms with Gasteiger partial charge in [-0.15, -0.1) is 0 Å². The van der Waals surface area contributed by atoms with Gasteiger partial charge in [0, 0.05) is 23.0 Å². The lowest BCUT2D eigenvalue weighted by atomic mass is 9.94. The zero-order valence-electron chi connectivity index (χ0n) is 18.6. The van der Waals surface area contributed by atoms with Crippen LogP contribution < -0.4 is 10.6 Å². The van der Waals surface area contributed by atoms with Crippen LogP contribution in [0.3, 0.4) is 0 Å². The molecule has 2 N–H and O–H groups in total. The third-order valence-electron chi connectivity index (χ3n) is 5.39. The lowest BCUT2D eigenvalue weighted by Crippen LogP contribution is -2.48. The van der Waals surface area contributed by atoms with E-state index in [9.17, 15) is 14.4 Å². The smallest absolute Gasteiger partial charge is 0.337 e. The number of rotatable bonds is 7. The van der Waals surface area contributed by atoms with E-state index in [1.54, 1.807) is 42.2 Å². The predicted molar refractivity (Wildman–Crippen MR) is 128 cm³/mol. The molecule has 0 saturated heterocycles. The summed E-state index contributed by atoms with van der Waals surface area (Å²) in [6.07, 6.45) is 1.71. The second-order valence-corrected chi connectivity index (χ2v) is 8.43. The second-order valence-electron chi connectivity index (χ2n) is 7.58. The van der Waals surface area contributed by atoms with Crippen molar-refractivity contribution < 1.29 is 19.1 Å². The molecule has 9 heteroatoms. The maximum Gasteiger partial charge on any atom is 0.337 e. The number of hydrogen-bond acceptors (Lipinski definition) is 4. The molecule has 0 aliphatic carbocycles. The van der Waals surface area contributed by atoms with Gasteiger partial charge < -0.3 is 15.4 Å². The lowest BCUT2D eigenvalue weighted by molar-refractivity contribution is -0.136. The Labute approximate surface area is 202 Å². The first-order valence-corrected chi connectivity index (χ1v) is 11.3. The van der Waals surface area contributed by atoms with E-state index in [1.165, 1.54) is 19.2 Å². The van der Waals surface area contributed by atoms with E-state index in [-0.39, 0.29) is 16.6 Å². The molecule has 33 heavy (non-hydrogen) atoms. The van der Waals surface area contributed by atoms with Gasteiger partial charge in [-0.05, 0) is 49.2 Å². The number of carbonyl (C=O) groups is 3. The van der Waals surface area contributed by atoms with Crippen LogP contribution in [0, 0.1) is 0 Å². The van der Waals surface area contributed by atoms with Crippen LogP contribution in [0.2, 0.25) is 10.0 Å². The van der Waals surface area contributed by atoms with E-state index in [0.717, 1.165) is 12.8 Å². The Morgan fingerprint density at radius 1 is 1.18 bits per heavy atom. The number of allylic oxidation sites excluding steroid dienone is 1. The Morgan fingerprint density at radius 2 is 1.94 bits per heavy atom. The normalized spacial score (nSPS) is 15.8. The number of amides is 3. The van der Waals surface area contributed by atoms with E-state index < -0.39 is 17.9 Å². The number of nitrogens with zero attached hydrogens (tertiary/aromatic N) is 1. The largest absolute Gasteiger partial charge is 0.466 e. The number of benzene rings is 2. The Morgan fingerprint density at radius 3 is 2.61 bits per heavy atom. The van der Waals surface area contributed by atoms with Crippen LogP contribution in [0.1, 0.15) is 48.7 Å². The van der Waals surface area contributed by atoms with Crippen LogP contribution in [-0.2, 0) is 9.53 Å². The highest BCUT2D eigenvalue weighted by Crippen LogP contribution is 2.32. The van der Waals surface area contributed by atoms with Crippen molar-refractivity contribution in [2.75, 3.05) is 19.0 Å². The number of halogens is 2. The summed E-state index contributed by atoms with van der Waals surface area (Å²) in [7, 11) is 1.30. The minimum atomic E-state index is -0.723. The molecule has 0 radical (unpaired) electrons. The first-order chi connectivity index (χ1) is 15.8. The molecule has 2 aromatic rings. The average Bonchev–Trinajstić information content (AvgIpc) is 2.78. The lowest BCUT2D eigenvalue weighted by Gasteiger charge is -2.35. The molecule has 0 aromatic heterocycles. The fourth-order valence-electron chi connectivity index (χ4n) is 3.66. The summed E-state index contributed by atoms with van der Waals surface area (Å²) in [4.78, 5) is 39.7. The molecule has 0 unspecified atom stereocenters. The number of methoxy groups -OCH3 is 1. The zero-order chi connectivity index (χ0) is 24.1. The highest BCUT2D eigenvalue weighted by molar-refractivity contribution is 6.37. The van der Waals surface area contributed by atoms with Crippen LogP contribution >= 0.6 is 23.2 Å². The van der Waals surface area contributed by atoms with Gasteiger partial charge in [0.2, 0.25) is 0 Å². The fourth-order valence-corrected chi connectivity index (χ4v) is 4.15. The van der Waals surface area contributed by atoms with Gasteiger partial charge in [-0.2, -0.15) is 0 Å². The summed E-state index contributed by atoms with van der Waals surface area (Å²) in [5, 5.41) is 6.35.